The number of piperidine rings is 1. The van der Waals surface area contributed by atoms with Gasteiger partial charge in [-0.15, -0.1) is 0 Å². The molecule has 5 heteroatoms. The second-order valence-electron chi connectivity index (χ2n) is 8.46. The third-order valence-corrected chi connectivity index (χ3v) is 6.31. The Morgan fingerprint density at radius 2 is 1.50 bits per heavy atom. The van der Waals surface area contributed by atoms with Crippen LogP contribution in [0.1, 0.15) is 35.6 Å². The van der Waals surface area contributed by atoms with Gasteiger partial charge in [0.25, 0.3) is 0 Å². The molecule has 0 aromatic heterocycles. The number of benzene rings is 3. The van der Waals surface area contributed by atoms with E-state index in [0.717, 1.165) is 41.0 Å². The first-order chi connectivity index (χ1) is 15.7. The van der Waals surface area contributed by atoms with Gasteiger partial charge in [0, 0.05) is 24.2 Å². The van der Waals surface area contributed by atoms with Crippen LogP contribution in [0.25, 0.3) is 0 Å². The first kappa shape index (κ1) is 20.3. The van der Waals surface area contributed by atoms with Gasteiger partial charge in [-0.05, 0) is 30.5 Å². The highest BCUT2D eigenvalue weighted by Crippen LogP contribution is 2.42. The minimum absolute atomic E-state index is 0.0151. The zero-order valence-electron chi connectivity index (χ0n) is 17.9. The maximum Gasteiger partial charge on any atom is 0.227 e. The van der Waals surface area contributed by atoms with Crippen molar-refractivity contribution in [2.24, 2.45) is 5.92 Å². The van der Waals surface area contributed by atoms with Crippen molar-refractivity contribution < 1.29 is 14.3 Å². The number of fused-ring (bicyclic) bond motifs is 2. The number of hydrogen-bond acceptors (Lipinski definition) is 3. The van der Waals surface area contributed by atoms with Gasteiger partial charge >= 0.3 is 0 Å². The van der Waals surface area contributed by atoms with E-state index in [0.29, 0.717) is 19.5 Å². The molecule has 1 saturated heterocycles. The summed E-state index contributed by atoms with van der Waals surface area (Å²) in [5.74, 6) is 1.37. The molecule has 1 fully saturated rings. The van der Waals surface area contributed by atoms with Crippen LogP contribution in [0.5, 0.6) is 11.5 Å². The fourth-order valence-electron chi connectivity index (χ4n) is 4.63. The van der Waals surface area contributed by atoms with Crippen LogP contribution in [-0.2, 0) is 16.0 Å². The quantitative estimate of drug-likeness (QED) is 0.669. The molecule has 1 unspecified atom stereocenters. The van der Waals surface area contributed by atoms with E-state index in [1.165, 1.54) is 0 Å². The van der Waals surface area contributed by atoms with Crippen LogP contribution in [0.3, 0.4) is 0 Å². The molecule has 0 saturated carbocycles. The number of nitrogens with one attached hydrogen (secondary N) is 1. The van der Waals surface area contributed by atoms with Gasteiger partial charge in [0.2, 0.25) is 11.8 Å². The summed E-state index contributed by atoms with van der Waals surface area (Å²) in [7, 11) is 0. The van der Waals surface area contributed by atoms with Gasteiger partial charge in [-0.3, -0.25) is 9.59 Å². The second kappa shape index (κ2) is 8.87. The predicted octanol–water partition coefficient (Wildman–Crippen LogP) is 4.48. The van der Waals surface area contributed by atoms with Gasteiger partial charge in [0.05, 0.1) is 18.4 Å². The molecule has 2 aliphatic rings. The molecule has 162 valence electrons. The highest BCUT2D eigenvalue weighted by Gasteiger charge is 2.33. The van der Waals surface area contributed by atoms with Crippen molar-refractivity contribution in [2.45, 2.75) is 25.3 Å². The van der Waals surface area contributed by atoms with Crippen LogP contribution < -0.4 is 10.1 Å². The van der Waals surface area contributed by atoms with Gasteiger partial charge in [0.15, 0.2) is 0 Å². The fourth-order valence-corrected chi connectivity index (χ4v) is 4.63. The minimum atomic E-state index is -0.265. The first-order valence-electron chi connectivity index (χ1n) is 11.2. The maximum atomic E-state index is 13.3. The molecular weight excluding hydrogens is 400 g/mol. The zero-order chi connectivity index (χ0) is 21.9. The van der Waals surface area contributed by atoms with Gasteiger partial charge in [-0.2, -0.15) is 0 Å². The molecule has 2 amide bonds. The summed E-state index contributed by atoms with van der Waals surface area (Å²) in [6, 6.07) is 25.1. The minimum Gasteiger partial charge on any atom is -0.457 e. The number of para-hydroxylation sites is 2. The van der Waals surface area contributed by atoms with E-state index in [4.69, 9.17) is 4.74 Å². The molecule has 5 rings (SSSR count). The summed E-state index contributed by atoms with van der Waals surface area (Å²) in [6.07, 6.45) is 1.99. The number of rotatable bonds is 4. The summed E-state index contributed by atoms with van der Waals surface area (Å²) in [4.78, 5) is 28.0. The third kappa shape index (κ3) is 4.11. The number of hydrogen-bond donors (Lipinski definition) is 1. The Hall–Kier alpha value is -3.60. The molecule has 1 atom stereocenters. The SMILES string of the molecule is O=C(NC1c2ccccc2Oc2ccccc21)C1CCCN(C(=O)Cc2ccccc2)C1. The molecule has 0 radical (unpaired) electrons. The van der Waals surface area contributed by atoms with E-state index < -0.39 is 0 Å². The van der Waals surface area contributed by atoms with Crippen molar-refractivity contribution in [3.63, 3.8) is 0 Å². The number of likely N-dealkylation sites (tertiary alicyclic amines) is 1. The number of ether oxygens (including phenoxy) is 1. The Labute approximate surface area is 188 Å². The Morgan fingerprint density at radius 3 is 2.19 bits per heavy atom. The normalized spacial score (nSPS) is 17.6. The average Bonchev–Trinajstić information content (AvgIpc) is 2.84. The lowest BCUT2D eigenvalue weighted by Gasteiger charge is -2.34. The molecule has 2 aliphatic heterocycles. The molecule has 5 nitrogen and oxygen atoms in total. The Balaban J connectivity index is 1.30. The fraction of sp³-hybridized carbons (Fsp3) is 0.259. The van der Waals surface area contributed by atoms with Crippen molar-refractivity contribution in [1.82, 2.24) is 10.2 Å². The Bertz CT molecular complexity index is 1080. The Morgan fingerprint density at radius 1 is 0.875 bits per heavy atom. The van der Waals surface area contributed by atoms with Crippen molar-refractivity contribution in [3.8, 4) is 11.5 Å². The summed E-state index contributed by atoms with van der Waals surface area (Å²) in [5, 5.41) is 3.25. The molecular formula is C27H26N2O3. The van der Waals surface area contributed by atoms with E-state index in [-0.39, 0.29) is 23.8 Å². The van der Waals surface area contributed by atoms with Crippen LogP contribution in [0.15, 0.2) is 78.9 Å². The zero-order valence-corrected chi connectivity index (χ0v) is 17.9. The van der Waals surface area contributed by atoms with E-state index in [9.17, 15) is 9.59 Å². The third-order valence-electron chi connectivity index (χ3n) is 6.31. The molecule has 0 bridgehead atoms. The largest absolute Gasteiger partial charge is 0.457 e. The Kier molecular flexibility index (Phi) is 5.63. The smallest absolute Gasteiger partial charge is 0.227 e. The van der Waals surface area contributed by atoms with E-state index in [2.05, 4.69) is 5.32 Å². The average molecular weight is 427 g/mol. The highest BCUT2D eigenvalue weighted by atomic mass is 16.5. The lowest BCUT2D eigenvalue weighted by molar-refractivity contribution is -0.135. The van der Waals surface area contributed by atoms with Crippen molar-refractivity contribution >= 4 is 11.8 Å². The van der Waals surface area contributed by atoms with Crippen LogP contribution in [0, 0.1) is 5.92 Å². The molecule has 32 heavy (non-hydrogen) atoms. The topological polar surface area (TPSA) is 58.6 Å². The summed E-state index contributed by atoms with van der Waals surface area (Å²) < 4.78 is 6.04. The highest BCUT2D eigenvalue weighted by molar-refractivity contribution is 5.83. The number of nitrogens with zero attached hydrogens (tertiary/aromatic N) is 1. The molecule has 3 aromatic carbocycles. The molecule has 0 spiro atoms. The maximum absolute atomic E-state index is 13.3. The van der Waals surface area contributed by atoms with Crippen LogP contribution in [0.2, 0.25) is 0 Å². The predicted molar refractivity (Wildman–Crippen MR) is 122 cm³/mol. The van der Waals surface area contributed by atoms with Gasteiger partial charge < -0.3 is 15.0 Å². The summed E-state index contributed by atoms with van der Waals surface area (Å²) in [6.45, 7) is 1.17. The van der Waals surface area contributed by atoms with Crippen molar-refractivity contribution in [1.29, 1.82) is 0 Å². The molecule has 1 N–H and O–H groups in total. The van der Waals surface area contributed by atoms with Gasteiger partial charge in [-0.25, -0.2) is 0 Å². The van der Waals surface area contributed by atoms with Crippen molar-refractivity contribution in [2.75, 3.05) is 13.1 Å². The van der Waals surface area contributed by atoms with Crippen LogP contribution in [0.4, 0.5) is 0 Å². The standard InChI is InChI=1S/C27H26N2O3/c30-25(17-19-9-2-1-3-10-19)29-16-8-11-20(18-29)27(31)28-26-21-12-4-6-14-23(21)32-24-15-7-5-13-22(24)26/h1-7,9-10,12-15,20,26H,8,11,16-18H2,(H,28,31). The lowest BCUT2D eigenvalue weighted by atomic mass is 9.92. The molecule has 3 aromatic rings. The summed E-state index contributed by atoms with van der Waals surface area (Å²) >= 11 is 0. The number of carbonyl (C=O) groups excluding carboxylic acids is 2. The number of carbonyl (C=O) groups is 2. The number of amides is 2. The van der Waals surface area contributed by atoms with E-state index in [1.54, 1.807) is 0 Å². The van der Waals surface area contributed by atoms with Crippen molar-refractivity contribution in [3.05, 3.63) is 95.6 Å². The van der Waals surface area contributed by atoms with Crippen LogP contribution >= 0.6 is 0 Å². The summed E-state index contributed by atoms with van der Waals surface area (Å²) in [5.41, 5.74) is 2.90. The molecule has 0 aliphatic carbocycles. The van der Waals surface area contributed by atoms with Crippen LogP contribution in [-0.4, -0.2) is 29.8 Å². The molecule has 2 heterocycles. The first-order valence-corrected chi connectivity index (χ1v) is 11.2. The lowest BCUT2D eigenvalue weighted by Crippen LogP contribution is -2.46. The van der Waals surface area contributed by atoms with E-state index >= 15 is 0 Å². The van der Waals surface area contributed by atoms with Gasteiger partial charge in [0.1, 0.15) is 11.5 Å². The van der Waals surface area contributed by atoms with E-state index in [1.807, 2.05) is 83.8 Å². The monoisotopic (exact) mass is 426 g/mol. The van der Waals surface area contributed by atoms with Gasteiger partial charge in [-0.1, -0.05) is 66.7 Å². The second-order valence-corrected chi connectivity index (χ2v) is 8.46.